The largest absolute Gasteiger partial charge is 0.326 e. The van der Waals surface area contributed by atoms with Crippen molar-refractivity contribution in [1.29, 1.82) is 0 Å². The summed E-state index contributed by atoms with van der Waals surface area (Å²) in [4.78, 5) is 28.1. The lowest BCUT2D eigenvalue weighted by Crippen LogP contribution is -2.50. The Morgan fingerprint density at radius 1 is 0.935 bits per heavy atom. The van der Waals surface area contributed by atoms with E-state index in [1.807, 2.05) is 74.5 Å². The van der Waals surface area contributed by atoms with Gasteiger partial charge in [0.05, 0.1) is 0 Å². The van der Waals surface area contributed by atoms with Crippen LogP contribution in [0.3, 0.4) is 0 Å². The molecule has 3 aromatic carbocycles. The molecule has 0 aromatic heterocycles. The Morgan fingerprint density at radius 2 is 1.61 bits per heavy atom. The third-order valence-electron chi connectivity index (χ3n) is 5.52. The van der Waals surface area contributed by atoms with Gasteiger partial charge in [0.1, 0.15) is 6.04 Å². The highest BCUT2D eigenvalue weighted by molar-refractivity contribution is 6.02. The predicted octanol–water partition coefficient (Wildman–Crippen LogP) is 4.63. The van der Waals surface area contributed by atoms with Gasteiger partial charge in [-0.3, -0.25) is 4.79 Å². The molecule has 1 unspecified atom stereocenters. The Balaban J connectivity index is 1.54. The summed E-state index contributed by atoms with van der Waals surface area (Å²) in [5, 5.41) is 5.80. The van der Waals surface area contributed by atoms with Crippen LogP contribution in [0.15, 0.2) is 72.8 Å². The lowest BCUT2D eigenvalue weighted by molar-refractivity contribution is -0.120. The summed E-state index contributed by atoms with van der Waals surface area (Å²) in [6, 6.07) is 22.6. The molecule has 0 radical (unpaired) electrons. The van der Waals surface area contributed by atoms with Gasteiger partial charge in [0.2, 0.25) is 5.91 Å². The van der Waals surface area contributed by atoms with Crippen LogP contribution in [0.2, 0.25) is 0 Å². The smallest absolute Gasteiger partial charge is 0.319 e. The van der Waals surface area contributed by atoms with Crippen LogP contribution in [0.4, 0.5) is 16.2 Å². The molecule has 0 fully saturated rings. The number of nitrogens with zero attached hydrogens (tertiary/aromatic N) is 1. The number of para-hydroxylation sites is 1. The number of aryl methyl sites for hydroxylation is 2. The third kappa shape index (κ3) is 4.94. The zero-order valence-electron chi connectivity index (χ0n) is 17.9. The summed E-state index contributed by atoms with van der Waals surface area (Å²) in [7, 11) is 0. The highest BCUT2D eigenvalue weighted by Gasteiger charge is 2.31. The lowest BCUT2D eigenvalue weighted by atomic mass is 10.0. The summed E-state index contributed by atoms with van der Waals surface area (Å²) in [5.41, 5.74) is 5.95. The number of urea groups is 1. The molecule has 3 aromatic rings. The van der Waals surface area contributed by atoms with Crippen molar-refractivity contribution in [3.8, 4) is 0 Å². The van der Waals surface area contributed by atoms with Gasteiger partial charge < -0.3 is 15.5 Å². The number of hydrogen-bond donors (Lipinski definition) is 2. The van der Waals surface area contributed by atoms with E-state index in [2.05, 4.69) is 22.8 Å². The molecule has 1 aliphatic heterocycles. The van der Waals surface area contributed by atoms with Gasteiger partial charge in [0.25, 0.3) is 0 Å². The molecular formula is C26H27N3O2. The van der Waals surface area contributed by atoms with E-state index in [1.165, 1.54) is 0 Å². The van der Waals surface area contributed by atoms with Crippen molar-refractivity contribution >= 4 is 23.3 Å². The quantitative estimate of drug-likeness (QED) is 0.641. The maximum Gasteiger partial charge on any atom is 0.319 e. The van der Waals surface area contributed by atoms with Crippen molar-refractivity contribution in [3.63, 3.8) is 0 Å². The zero-order chi connectivity index (χ0) is 21.8. The fraction of sp³-hybridized carbons (Fsp3) is 0.231. The molecule has 0 spiro atoms. The summed E-state index contributed by atoms with van der Waals surface area (Å²) in [6.07, 6.45) is 1.26. The maximum atomic E-state index is 13.5. The molecule has 5 nitrogen and oxygen atoms in total. The van der Waals surface area contributed by atoms with Gasteiger partial charge in [0.15, 0.2) is 0 Å². The van der Waals surface area contributed by atoms with Crippen LogP contribution in [0.5, 0.6) is 0 Å². The van der Waals surface area contributed by atoms with Crippen molar-refractivity contribution in [2.24, 2.45) is 0 Å². The minimum atomic E-state index is -0.667. The van der Waals surface area contributed by atoms with Crippen LogP contribution in [-0.4, -0.2) is 24.5 Å². The Morgan fingerprint density at radius 3 is 2.35 bits per heavy atom. The first-order valence-electron chi connectivity index (χ1n) is 10.6. The number of carbonyl (C=O) groups is 2. The predicted molar refractivity (Wildman–Crippen MR) is 125 cm³/mol. The van der Waals surface area contributed by atoms with Crippen molar-refractivity contribution in [2.75, 3.05) is 16.8 Å². The second kappa shape index (κ2) is 9.04. The van der Waals surface area contributed by atoms with E-state index < -0.39 is 6.04 Å². The van der Waals surface area contributed by atoms with E-state index >= 15 is 0 Å². The molecule has 0 bridgehead atoms. The van der Waals surface area contributed by atoms with Gasteiger partial charge in [0, 0.05) is 24.3 Å². The molecule has 0 saturated carbocycles. The summed E-state index contributed by atoms with van der Waals surface area (Å²) in [5.74, 6) is -0.0932. The first kappa shape index (κ1) is 20.7. The van der Waals surface area contributed by atoms with Crippen molar-refractivity contribution in [3.05, 3.63) is 95.1 Å². The van der Waals surface area contributed by atoms with E-state index in [-0.39, 0.29) is 11.9 Å². The third-order valence-corrected chi connectivity index (χ3v) is 5.52. The van der Waals surface area contributed by atoms with E-state index in [0.29, 0.717) is 18.7 Å². The number of fused-ring (bicyclic) bond motifs is 1. The highest BCUT2D eigenvalue weighted by Crippen LogP contribution is 2.28. The van der Waals surface area contributed by atoms with Gasteiger partial charge in [-0.2, -0.15) is 0 Å². The SMILES string of the molecule is Cc1cc(C)cc(NC(=O)NC(Cc2ccccc2)C(=O)N2CCc3ccccc32)c1. The first-order chi connectivity index (χ1) is 15.0. The van der Waals surface area contributed by atoms with E-state index in [0.717, 1.165) is 34.4 Å². The van der Waals surface area contributed by atoms with Crippen LogP contribution >= 0.6 is 0 Å². The van der Waals surface area contributed by atoms with Crippen LogP contribution < -0.4 is 15.5 Å². The van der Waals surface area contributed by atoms with Gasteiger partial charge in [-0.15, -0.1) is 0 Å². The number of amides is 3. The molecule has 1 heterocycles. The standard InChI is InChI=1S/C26H27N3O2/c1-18-14-19(2)16-22(15-18)27-26(31)28-23(17-20-8-4-3-5-9-20)25(30)29-13-12-21-10-6-7-11-24(21)29/h3-11,14-16,23H,12-13,17H2,1-2H3,(H2,27,28,31). The number of rotatable bonds is 5. The Bertz CT molecular complexity index is 1070. The van der Waals surface area contributed by atoms with E-state index in [9.17, 15) is 9.59 Å². The number of hydrogen-bond acceptors (Lipinski definition) is 2. The van der Waals surface area contributed by atoms with Crippen molar-refractivity contribution in [1.82, 2.24) is 5.32 Å². The van der Waals surface area contributed by atoms with E-state index in [1.54, 1.807) is 4.90 Å². The molecule has 1 aliphatic rings. The summed E-state index contributed by atoms with van der Waals surface area (Å²) >= 11 is 0. The first-order valence-corrected chi connectivity index (χ1v) is 10.6. The summed E-state index contributed by atoms with van der Waals surface area (Å²) in [6.45, 7) is 4.61. The Kier molecular flexibility index (Phi) is 6.03. The lowest BCUT2D eigenvalue weighted by Gasteiger charge is -2.25. The van der Waals surface area contributed by atoms with Gasteiger partial charge in [-0.25, -0.2) is 4.79 Å². The summed E-state index contributed by atoms with van der Waals surface area (Å²) < 4.78 is 0. The fourth-order valence-electron chi connectivity index (χ4n) is 4.18. The molecular weight excluding hydrogens is 386 g/mol. The molecule has 2 N–H and O–H groups in total. The minimum Gasteiger partial charge on any atom is -0.326 e. The number of anilines is 2. The minimum absolute atomic E-state index is 0.0932. The molecule has 4 rings (SSSR count). The van der Waals surface area contributed by atoms with Gasteiger partial charge in [-0.1, -0.05) is 54.6 Å². The average molecular weight is 414 g/mol. The van der Waals surface area contributed by atoms with Crippen LogP contribution in [0.1, 0.15) is 22.3 Å². The van der Waals surface area contributed by atoms with Gasteiger partial charge in [-0.05, 0) is 60.7 Å². The topological polar surface area (TPSA) is 61.4 Å². The molecule has 158 valence electrons. The molecule has 5 heteroatoms. The molecule has 31 heavy (non-hydrogen) atoms. The normalized spacial score (nSPS) is 13.4. The van der Waals surface area contributed by atoms with Crippen molar-refractivity contribution < 1.29 is 9.59 Å². The number of carbonyl (C=O) groups excluding carboxylic acids is 2. The zero-order valence-corrected chi connectivity index (χ0v) is 17.9. The van der Waals surface area contributed by atoms with Gasteiger partial charge >= 0.3 is 6.03 Å². The molecule has 3 amide bonds. The van der Waals surface area contributed by atoms with E-state index in [4.69, 9.17) is 0 Å². The number of benzene rings is 3. The van der Waals surface area contributed by atoms with Crippen LogP contribution in [-0.2, 0) is 17.6 Å². The monoisotopic (exact) mass is 413 g/mol. The Labute approximate surface area is 183 Å². The van der Waals surface area contributed by atoms with Crippen LogP contribution in [0.25, 0.3) is 0 Å². The Hall–Kier alpha value is -3.60. The molecule has 0 aliphatic carbocycles. The fourth-order valence-corrected chi connectivity index (χ4v) is 4.18. The van der Waals surface area contributed by atoms with Crippen molar-refractivity contribution in [2.45, 2.75) is 32.7 Å². The second-order valence-corrected chi connectivity index (χ2v) is 8.09. The molecule has 0 saturated heterocycles. The average Bonchev–Trinajstić information content (AvgIpc) is 3.17. The highest BCUT2D eigenvalue weighted by atomic mass is 16.2. The second-order valence-electron chi connectivity index (χ2n) is 8.09. The maximum absolute atomic E-state index is 13.5. The number of nitrogens with one attached hydrogen (secondary N) is 2. The molecule has 1 atom stereocenters. The van der Waals surface area contributed by atoms with Crippen LogP contribution in [0, 0.1) is 13.8 Å².